The first-order valence-corrected chi connectivity index (χ1v) is 9.95. The van der Waals surface area contributed by atoms with Crippen molar-refractivity contribution in [1.82, 2.24) is 14.9 Å². The average Bonchev–Trinajstić information content (AvgIpc) is 3.15. The van der Waals surface area contributed by atoms with Gasteiger partial charge in [0.1, 0.15) is 5.69 Å². The van der Waals surface area contributed by atoms with E-state index in [9.17, 15) is 9.59 Å². The zero-order chi connectivity index (χ0) is 20.2. The van der Waals surface area contributed by atoms with Crippen LogP contribution in [0.5, 0.6) is 0 Å². The molecular weight excluding hydrogens is 364 g/mol. The van der Waals surface area contributed by atoms with Crippen molar-refractivity contribution in [3.8, 4) is 0 Å². The minimum absolute atomic E-state index is 0.147. The Morgan fingerprint density at radius 2 is 1.66 bits per heavy atom. The first kappa shape index (κ1) is 18.9. The van der Waals surface area contributed by atoms with Crippen LogP contribution in [0.4, 0.5) is 5.69 Å². The van der Waals surface area contributed by atoms with E-state index >= 15 is 0 Å². The summed E-state index contributed by atoms with van der Waals surface area (Å²) in [5.74, 6) is -0.249. The smallest absolute Gasteiger partial charge is 0.291 e. The second kappa shape index (κ2) is 8.31. The summed E-state index contributed by atoms with van der Waals surface area (Å²) in [5, 5.41) is 5.89. The predicted molar refractivity (Wildman–Crippen MR) is 112 cm³/mol. The molecule has 29 heavy (non-hydrogen) atoms. The van der Waals surface area contributed by atoms with E-state index in [2.05, 4.69) is 15.6 Å². The van der Waals surface area contributed by atoms with Crippen LogP contribution in [0.3, 0.4) is 0 Å². The molecule has 0 saturated heterocycles. The molecule has 1 aromatic heterocycles. The van der Waals surface area contributed by atoms with Crippen molar-refractivity contribution in [2.24, 2.45) is 0 Å². The molecule has 3 aromatic rings. The van der Waals surface area contributed by atoms with Gasteiger partial charge in [-0.3, -0.25) is 9.59 Å². The maximum atomic E-state index is 13.0. The van der Waals surface area contributed by atoms with E-state index in [1.807, 2.05) is 72.2 Å². The van der Waals surface area contributed by atoms with Gasteiger partial charge in [0.05, 0.1) is 11.7 Å². The number of amides is 2. The van der Waals surface area contributed by atoms with E-state index in [4.69, 9.17) is 0 Å². The molecule has 4 rings (SSSR count). The molecule has 2 amide bonds. The number of rotatable bonds is 5. The fraction of sp³-hybridized carbons (Fsp3) is 0.261. The van der Waals surface area contributed by atoms with Gasteiger partial charge >= 0.3 is 0 Å². The van der Waals surface area contributed by atoms with Gasteiger partial charge in [0, 0.05) is 12.2 Å². The number of nitrogens with zero attached hydrogens (tertiary/aromatic N) is 2. The molecule has 0 bridgehead atoms. The monoisotopic (exact) mass is 388 g/mol. The van der Waals surface area contributed by atoms with Gasteiger partial charge in [0.2, 0.25) is 0 Å². The number of benzene rings is 2. The predicted octanol–water partition coefficient (Wildman–Crippen LogP) is 3.96. The van der Waals surface area contributed by atoms with E-state index in [0.717, 1.165) is 30.5 Å². The van der Waals surface area contributed by atoms with Crippen molar-refractivity contribution < 1.29 is 9.59 Å². The molecule has 1 atom stereocenters. The molecule has 0 spiro atoms. The van der Waals surface area contributed by atoms with Gasteiger partial charge in [-0.05, 0) is 43.9 Å². The van der Waals surface area contributed by atoms with Crippen LogP contribution in [0.1, 0.15) is 58.2 Å². The van der Waals surface area contributed by atoms with Gasteiger partial charge in [0.15, 0.2) is 5.82 Å². The average molecular weight is 388 g/mol. The normalized spacial score (nSPS) is 14.0. The SMILES string of the molecule is CC(NC(=O)c1nc(C(=O)Nc2ccccc2)n2c1CCCC2)c1ccccc1. The van der Waals surface area contributed by atoms with Crippen molar-refractivity contribution in [3.63, 3.8) is 0 Å². The lowest BCUT2D eigenvalue weighted by Crippen LogP contribution is -2.28. The number of nitrogens with one attached hydrogen (secondary N) is 2. The highest BCUT2D eigenvalue weighted by Crippen LogP contribution is 2.23. The van der Waals surface area contributed by atoms with Gasteiger partial charge in [-0.25, -0.2) is 4.98 Å². The summed E-state index contributed by atoms with van der Waals surface area (Å²) < 4.78 is 1.89. The summed E-state index contributed by atoms with van der Waals surface area (Å²) in [6.45, 7) is 2.64. The van der Waals surface area contributed by atoms with Crippen LogP contribution in [0.25, 0.3) is 0 Å². The molecule has 6 nitrogen and oxygen atoms in total. The van der Waals surface area contributed by atoms with E-state index in [1.54, 1.807) is 0 Å². The molecule has 1 unspecified atom stereocenters. The summed E-state index contributed by atoms with van der Waals surface area (Å²) in [5.41, 5.74) is 2.92. The Morgan fingerprint density at radius 3 is 2.38 bits per heavy atom. The van der Waals surface area contributed by atoms with Gasteiger partial charge in [-0.1, -0.05) is 48.5 Å². The van der Waals surface area contributed by atoms with Crippen molar-refractivity contribution in [2.75, 3.05) is 5.32 Å². The van der Waals surface area contributed by atoms with E-state index in [-0.39, 0.29) is 17.9 Å². The Morgan fingerprint density at radius 1 is 0.966 bits per heavy atom. The van der Waals surface area contributed by atoms with Crippen LogP contribution in [0, 0.1) is 0 Å². The third kappa shape index (κ3) is 4.06. The van der Waals surface area contributed by atoms with E-state index < -0.39 is 0 Å². The minimum Gasteiger partial charge on any atom is -0.344 e. The van der Waals surface area contributed by atoms with Crippen LogP contribution < -0.4 is 10.6 Å². The lowest BCUT2D eigenvalue weighted by Gasteiger charge is -2.18. The van der Waals surface area contributed by atoms with Crippen LogP contribution >= 0.6 is 0 Å². The van der Waals surface area contributed by atoms with E-state index in [0.29, 0.717) is 23.8 Å². The number of carbonyl (C=O) groups excluding carboxylic acids is 2. The summed E-state index contributed by atoms with van der Waals surface area (Å²) in [6, 6.07) is 18.9. The second-order valence-corrected chi connectivity index (χ2v) is 7.27. The Labute approximate surface area is 170 Å². The van der Waals surface area contributed by atoms with Crippen molar-refractivity contribution >= 4 is 17.5 Å². The highest BCUT2D eigenvalue weighted by Gasteiger charge is 2.28. The Bertz CT molecular complexity index is 1010. The van der Waals surface area contributed by atoms with Crippen LogP contribution in [-0.4, -0.2) is 21.4 Å². The number of anilines is 1. The number of hydrogen-bond donors (Lipinski definition) is 2. The Hall–Kier alpha value is -3.41. The molecule has 1 aliphatic rings. The third-order valence-electron chi connectivity index (χ3n) is 5.21. The van der Waals surface area contributed by atoms with Gasteiger partial charge in [-0.2, -0.15) is 0 Å². The molecule has 2 heterocycles. The standard InChI is InChI=1S/C23H24N4O2/c1-16(17-10-4-2-5-11-17)24-22(28)20-19-14-8-9-15-27(19)21(26-20)23(29)25-18-12-6-3-7-13-18/h2-7,10-13,16H,8-9,14-15H2,1H3,(H,24,28)(H,25,29). The van der Waals surface area contributed by atoms with Crippen molar-refractivity contribution in [1.29, 1.82) is 0 Å². The first-order chi connectivity index (χ1) is 14.1. The maximum absolute atomic E-state index is 13.0. The van der Waals surface area contributed by atoms with Gasteiger partial charge in [0.25, 0.3) is 11.8 Å². The molecule has 148 valence electrons. The fourth-order valence-electron chi connectivity index (χ4n) is 3.70. The lowest BCUT2D eigenvalue weighted by molar-refractivity contribution is 0.0934. The molecule has 0 saturated carbocycles. The molecular formula is C23H24N4O2. The van der Waals surface area contributed by atoms with Crippen LogP contribution in [0.2, 0.25) is 0 Å². The maximum Gasteiger partial charge on any atom is 0.291 e. The number of para-hydroxylation sites is 1. The number of carbonyl (C=O) groups is 2. The van der Waals surface area contributed by atoms with Crippen LogP contribution in [-0.2, 0) is 13.0 Å². The second-order valence-electron chi connectivity index (χ2n) is 7.27. The van der Waals surface area contributed by atoms with Crippen molar-refractivity contribution in [2.45, 2.75) is 38.8 Å². The molecule has 0 aliphatic carbocycles. The summed E-state index contributed by atoms with van der Waals surface area (Å²) in [6.07, 6.45) is 2.70. The lowest BCUT2D eigenvalue weighted by atomic mass is 10.1. The molecule has 6 heteroatoms. The van der Waals surface area contributed by atoms with Crippen LogP contribution in [0.15, 0.2) is 60.7 Å². The molecule has 1 aliphatic heterocycles. The van der Waals surface area contributed by atoms with Gasteiger partial charge < -0.3 is 15.2 Å². The minimum atomic E-state index is -0.297. The highest BCUT2D eigenvalue weighted by atomic mass is 16.2. The van der Waals surface area contributed by atoms with Gasteiger partial charge in [-0.15, -0.1) is 0 Å². The summed E-state index contributed by atoms with van der Waals surface area (Å²) >= 11 is 0. The molecule has 2 aromatic carbocycles. The third-order valence-corrected chi connectivity index (χ3v) is 5.21. The fourth-order valence-corrected chi connectivity index (χ4v) is 3.70. The molecule has 0 radical (unpaired) electrons. The summed E-state index contributed by atoms with van der Waals surface area (Å²) in [7, 11) is 0. The first-order valence-electron chi connectivity index (χ1n) is 9.95. The van der Waals surface area contributed by atoms with E-state index in [1.165, 1.54) is 0 Å². The summed E-state index contributed by atoms with van der Waals surface area (Å²) in [4.78, 5) is 30.3. The zero-order valence-electron chi connectivity index (χ0n) is 16.4. The topological polar surface area (TPSA) is 76.0 Å². The number of aromatic nitrogens is 2. The number of hydrogen-bond acceptors (Lipinski definition) is 3. The quantitative estimate of drug-likeness (QED) is 0.695. The van der Waals surface area contributed by atoms with Crippen molar-refractivity contribution in [3.05, 3.63) is 83.4 Å². The highest BCUT2D eigenvalue weighted by molar-refractivity contribution is 6.03. The number of fused-ring (bicyclic) bond motifs is 1. The zero-order valence-corrected chi connectivity index (χ0v) is 16.4. The largest absolute Gasteiger partial charge is 0.344 e. The number of imidazole rings is 1. The molecule has 2 N–H and O–H groups in total. The Balaban J connectivity index is 1.59. The molecule has 0 fully saturated rings. The Kier molecular flexibility index (Phi) is 5.42.